The van der Waals surface area contributed by atoms with Crippen LogP contribution in [-0.4, -0.2) is 69.3 Å². The Bertz CT molecular complexity index is 1200. The highest BCUT2D eigenvalue weighted by Gasteiger charge is 2.26. The zero-order valence-electron chi connectivity index (χ0n) is 20.5. The Morgan fingerprint density at radius 3 is 2.40 bits per heavy atom. The number of nitrogens with zero attached hydrogens (tertiary/aromatic N) is 6. The number of anilines is 1. The number of halogens is 1. The summed E-state index contributed by atoms with van der Waals surface area (Å²) >= 11 is 0. The van der Waals surface area contributed by atoms with Crippen molar-refractivity contribution in [3.05, 3.63) is 41.6 Å². The molecular weight excluding hydrogens is 451 g/mol. The first-order valence-corrected chi connectivity index (χ1v) is 12.1. The molecule has 1 aliphatic heterocycles. The van der Waals surface area contributed by atoms with Crippen molar-refractivity contribution in [2.75, 3.05) is 37.7 Å². The zero-order valence-corrected chi connectivity index (χ0v) is 20.5. The molecule has 10 heteroatoms. The van der Waals surface area contributed by atoms with Gasteiger partial charge in [0.25, 0.3) is 0 Å². The average Bonchev–Trinajstić information content (AvgIpc) is 3.19. The zero-order chi connectivity index (χ0) is 24.9. The standard InChI is InChI=1S/C25H31FN6O3/c1-4-6-20-27-24(31-15-13-30(14-16-31)21(33)11-12-22(34)35-5-2)23-17(3)29-32(25(23)28-20)19-9-7-18(26)8-10-19/h7-10H,4-6,11-16H2,1-3H3. The third kappa shape index (κ3) is 5.41. The SMILES string of the molecule is CCCc1nc(N2CCN(C(=O)CCC(=O)OCC)CC2)c2c(C)nn(-c3ccc(F)cc3)c2n1. The number of ether oxygens (including phenoxy) is 1. The van der Waals surface area contributed by atoms with Crippen LogP contribution in [0.4, 0.5) is 10.2 Å². The van der Waals surface area contributed by atoms with E-state index in [1.807, 2.05) is 6.92 Å². The minimum absolute atomic E-state index is 0.0440. The van der Waals surface area contributed by atoms with Crippen molar-refractivity contribution in [3.8, 4) is 5.69 Å². The van der Waals surface area contributed by atoms with Gasteiger partial charge in [-0.05, 0) is 44.5 Å². The van der Waals surface area contributed by atoms with E-state index in [0.29, 0.717) is 38.4 Å². The van der Waals surface area contributed by atoms with Crippen LogP contribution in [0, 0.1) is 12.7 Å². The maximum Gasteiger partial charge on any atom is 0.306 e. The van der Waals surface area contributed by atoms with Crippen LogP contribution in [0.2, 0.25) is 0 Å². The number of piperazine rings is 1. The molecule has 0 atom stereocenters. The highest BCUT2D eigenvalue weighted by Crippen LogP contribution is 2.30. The highest BCUT2D eigenvalue weighted by molar-refractivity contribution is 5.91. The van der Waals surface area contributed by atoms with Gasteiger partial charge in [0, 0.05) is 39.0 Å². The molecule has 1 aliphatic rings. The Balaban J connectivity index is 1.58. The van der Waals surface area contributed by atoms with Gasteiger partial charge in [0.15, 0.2) is 5.65 Å². The summed E-state index contributed by atoms with van der Waals surface area (Å²) in [6, 6.07) is 6.18. The van der Waals surface area contributed by atoms with Crippen molar-refractivity contribution in [2.24, 2.45) is 0 Å². The number of aromatic nitrogens is 4. The second-order valence-corrected chi connectivity index (χ2v) is 8.56. The molecule has 0 spiro atoms. The summed E-state index contributed by atoms with van der Waals surface area (Å²) in [6.45, 7) is 8.38. The lowest BCUT2D eigenvalue weighted by Gasteiger charge is -2.35. The molecule has 0 unspecified atom stereocenters. The van der Waals surface area contributed by atoms with Gasteiger partial charge in [-0.3, -0.25) is 9.59 Å². The van der Waals surface area contributed by atoms with Crippen molar-refractivity contribution in [3.63, 3.8) is 0 Å². The molecule has 3 heterocycles. The van der Waals surface area contributed by atoms with Gasteiger partial charge in [-0.1, -0.05) is 6.92 Å². The van der Waals surface area contributed by atoms with Crippen molar-refractivity contribution in [1.82, 2.24) is 24.6 Å². The van der Waals surface area contributed by atoms with Gasteiger partial charge < -0.3 is 14.5 Å². The number of esters is 1. The van der Waals surface area contributed by atoms with Crippen molar-refractivity contribution < 1.29 is 18.7 Å². The third-order valence-corrected chi connectivity index (χ3v) is 6.05. The van der Waals surface area contributed by atoms with E-state index in [-0.39, 0.29) is 30.5 Å². The fraction of sp³-hybridized carbons (Fsp3) is 0.480. The van der Waals surface area contributed by atoms with Crippen LogP contribution in [0.1, 0.15) is 44.6 Å². The Kier molecular flexibility index (Phi) is 7.57. The molecule has 4 rings (SSSR count). The van der Waals surface area contributed by atoms with Gasteiger partial charge >= 0.3 is 5.97 Å². The number of hydrogen-bond donors (Lipinski definition) is 0. The van der Waals surface area contributed by atoms with E-state index in [2.05, 4.69) is 11.8 Å². The summed E-state index contributed by atoms with van der Waals surface area (Å²) in [7, 11) is 0. The molecule has 0 radical (unpaired) electrons. The number of rotatable bonds is 8. The van der Waals surface area contributed by atoms with Crippen LogP contribution < -0.4 is 4.90 Å². The molecule has 35 heavy (non-hydrogen) atoms. The average molecular weight is 483 g/mol. The predicted octanol–water partition coefficient (Wildman–Crippen LogP) is 3.21. The Labute approximate surface area is 203 Å². The maximum atomic E-state index is 13.5. The van der Waals surface area contributed by atoms with Gasteiger partial charge in [0.1, 0.15) is 17.5 Å². The number of aryl methyl sites for hydroxylation is 2. The first-order valence-electron chi connectivity index (χ1n) is 12.1. The number of amides is 1. The fourth-order valence-electron chi connectivity index (χ4n) is 4.30. The lowest BCUT2D eigenvalue weighted by atomic mass is 10.2. The second-order valence-electron chi connectivity index (χ2n) is 8.56. The van der Waals surface area contributed by atoms with E-state index in [9.17, 15) is 14.0 Å². The van der Waals surface area contributed by atoms with Crippen molar-refractivity contribution >= 4 is 28.7 Å². The largest absolute Gasteiger partial charge is 0.466 e. The lowest BCUT2D eigenvalue weighted by molar-refractivity contribution is -0.145. The first kappa shape index (κ1) is 24.6. The summed E-state index contributed by atoms with van der Waals surface area (Å²) in [5.74, 6) is 0.838. The van der Waals surface area contributed by atoms with Crippen LogP contribution >= 0.6 is 0 Å². The number of hydrogen-bond acceptors (Lipinski definition) is 7. The van der Waals surface area contributed by atoms with Gasteiger partial charge in [0.2, 0.25) is 5.91 Å². The van der Waals surface area contributed by atoms with Crippen LogP contribution in [0.5, 0.6) is 0 Å². The molecule has 0 N–H and O–H groups in total. The molecule has 3 aromatic rings. The summed E-state index contributed by atoms with van der Waals surface area (Å²) in [5.41, 5.74) is 2.21. The summed E-state index contributed by atoms with van der Waals surface area (Å²) in [5, 5.41) is 5.56. The normalized spacial score (nSPS) is 13.9. The van der Waals surface area contributed by atoms with Gasteiger partial charge in [0.05, 0.1) is 29.8 Å². The van der Waals surface area contributed by atoms with Gasteiger partial charge in [-0.2, -0.15) is 5.10 Å². The van der Waals surface area contributed by atoms with E-state index in [0.717, 1.165) is 41.3 Å². The molecule has 0 saturated carbocycles. The van der Waals surface area contributed by atoms with E-state index in [1.54, 1.807) is 28.6 Å². The number of carbonyl (C=O) groups excluding carboxylic acids is 2. The smallest absolute Gasteiger partial charge is 0.306 e. The molecule has 1 saturated heterocycles. The monoisotopic (exact) mass is 482 g/mol. The Morgan fingerprint density at radius 2 is 1.74 bits per heavy atom. The number of benzene rings is 1. The van der Waals surface area contributed by atoms with Crippen LogP contribution in [0.15, 0.2) is 24.3 Å². The molecule has 1 aromatic carbocycles. The van der Waals surface area contributed by atoms with E-state index in [1.165, 1.54) is 12.1 Å². The summed E-state index contributed by atoms with van der Waals surface area (Å²) < 4.78 is 20.1. The molecule has 1 fully saturated rings. The molecule has 186 valence electrons. The fourth-order valence-corrected chi connectivity index (χ4v) is 4.30. The molecular formula is C25H31FN6O3. The lowest BCUT2D eigenvalue weighted by Crippen LogP contribution is -2.49. The van der Waals surface area contributed by atoms with Crippen LogP contribution in [-0.2, 0) is 20.7 Å². The number of carbonyl (C=O) groups is 2. The summed E-state index contributed by atoms with van der Waals surface area (Å²) in [4.78, 5) is 37.8. The van der Waals surface area contributed by atoms with Crippen LogP contribution in [0.25, 0.3) is 16.7 Å². The van der Waals surface area contributed by atoms with Crippen molar-refractivity contribution in [2.45, 2.75) is 46.5 Å². The molecule has 0 bridgehead atoms. The summed E-state index contributed by atoms with van der Waals surface area (Å²) in [6.07, 6.45) is 1.88. The first-order chi connectivity index (χ1) is 16.9. The number of fused-ring (bicyclic) bond motifs is 1. The van der Waals surface area contributed by atoms with E-state index >= 15 is 0 Å². The minimum Gasteiger partial charge on any atom is -0.466 e. The maximum absolute atomic E-state index is 13.5. The van der Waals surface area contributed by atoms with Gasteiger partial charge in [-0.15, -0.1) is 0 Å². The Morgan fingerprint density at radius 1 is 1.03 bits per heavy atom. The molecule has 2 aromatic heterocycles. The van der Waals surface area contributed by atoms with E-state index < -0.39 is 0 Å². The molecule has 1 amide bonds. The molecule has 9 nitrogen and oxygen atoms in total. The van der Waals surface area contributed by atoms with Gasteiger partial charge in [-0.25, -0.2) is 19.0 Å². The second kappa shape index (κ2) is 10.8. The highest BCUT2D eigenvalue weighted by atomic mass is 19.1. The molecule has 0 aliphatic carbocycles. The third-order valence-electron chi connectivity index (χ3n) is 6.05. The quantitative estimate of drug-likeness (QED) is 0.455. The van der Waals surface area contributed by atoms with Crippen molar-refractivity contribution in [1.29, 1.82) is 0 Å². The minimum atomic E-state index is -0.347. The van der Waals surface area contributed by atoms with Crippen LogP contribution in [0.3, 0.4) is 0 Å². The van der Waals surface area contributed by atoms with E-state index in [4.69, 9.17) is 19.8 Å². The Hall–Kier alpha value is -3.56. The topological polar surface area (TPSA) is 93.5 Å². The predicted molar refractivity (Wildman–Crippen MR) is 130 cm³/mol.